The molecular formula is C14H13N3S. The summed E-state index contributed by atoms with van der Waals surface area (Å²) in [6.07, 6.45) is 0. The van der Waals surface area contributed by atoms with E-state index in [4.69, 9.17) is 0 Å². The molecule has 0 atom stereocenters. The second-order valence-corrected chi connectivity index (χ2v) is 4.87. The van der Waals surface area contributed by atoms with Crippen LogP contribution in [0.5, 0.6) is 0 Å². The van der Waals surface area contributed by atoms with E-state index in [0.717, 1.165) is 34.0 Å². The molecule has 0 bridgehead atoms. The molecule has 0 aliphatic heterocycles. The number of para-hydroxylation sites is 1. The molecule has 90 valence electrons. The van der Waals surface area contributed by atoms with Gasteiger partial charge in [0.15, 0.2) is 5.82 Å². The van der Waals surface area contributed by atoms with E-state index in [1.807, 2.05) is 41.8 Å². The summed E-state index contributed by atoms with van der Waals surface area (Å²) in [5.74, 6) is 1.70. The number of nitrogens with zero attached hydrogens (tertiary/aromatic N) is 2. The number of nitrogens with one attached hydrogen (secondary N) is 1. The summed E-state index contributed by atoms with van der Waals surface area (Å²) in [5.41, 5.74) is 0.979. The molecule has 3 aromatic rings. The van der Waals surface area contributed by atoms with Crippen LogP contribution in [0.15, 0.2) is 41.8 Å². The Morgan fingerprint density at radius 3 is 2.78 bits per heavy atom. The fourth-order valence-corrected chi connectivity index (χ4v) is 2.55. The summed E-state index contributed by atoms with van der Waals surface area (Å²) in [7, 11) is 0. The fourth-order valence-electron chi connectivity index (χ4n) is 1.89. The van der Waals surface area contributed by atoms with Crippen LogP contribution < -0.4 is 5.32 Å². The molecule has 1 N–H and O–H groups in total. The van der Waals surface area contributed by atoms with Crippen molar-refractivity contribution in [2.45, 2.75) is 6.92 Å². The van der Waals surface area contributed by atoms with Gasteiger partial charge in [0.2, 0.25) is 0 Å². The van der Waals surface area contributed by atoms with Gasteiger partial charge in [0.1, 0.15) is 5.82 Å². The zero-order valence-electron chi connectivity index (χ0n) is 10.1. The quantitative estimate of drug-likeness (QED) is 0.773. The number of fused-ring (bicyclic) bond motifs is 1. The molecule has 0 unspecified atom stereocenters. The number of aromatic nitrogens is 2. The lowest BCUT2D eigenvalue weighted by molar-refractivity contribution is 1.15. The van der Waals surface area contributed by atoms with Gasteiger partial charge in [-0.2, -0.15) is 0 Å². The van der Waals surface area contributed by atoms with Gasteiger partial charge in [-0.3, -0.25) is 0 Å². The third kappa shape index (κ3) is 1.95. The molecule has 0 radical (unpaired) electrons. The van der Waals surface area contributed by atoms with Crippen molar-refractivity contribution in [2.75, 3.05) is 11.9 Å². The first-order valence-electron chi connectivity index (χ1n) is 5.93. The van der Waals surface area contributed by atoms with E-state index in [0.29, 0.717) is 0 Å². The van der Waals surface area contributed by atoms with Gasteiger partial charge in [0, 0.05) is 11.9 Å². The summed E-state index contributed by atoms with van der Waals surface area (Å²) >= 11 is 1.66. The lowest BCUT2D eigenvalue weighted by atomic mass is 10.2. The molecule has 2 aromatic heterocycles. The average Bonchev–Trinajstić information content (AvgIpc) is 2.93. The van der Waals surface area contributed by atoms with Crippen molar-refractivity contribution in [1.29, 1.82) is 0 Å². The highest BCUT2D eigenvalue weighted by Crippen LogP contribution is 2.27. The molecule has 4 heteroatoms. The van der Waals surface area contributed by atoms with Crippen molar-refractivity contribution < 1.29 is 0 Å². The number of thiophene rings is 1. The molecule has 2 heterocycles. The van der Waals surface area contributed by atoms with Crippen LogP contribution in [0.3, 0.4) is 0 Å². The predicted molar refractivity (Wildman–Crippen MR) is 77.0 cm³/mol. The van der Waals surface area contributed by atoms with Crippen LogP contribution in [0.1, 0.15) is 6.92 Å². The van der Waals surface area contributed by atoms with Crippen molar-refractivity contribution in [3.63, 3.8) is 0 Å². The third-order valence-electron chi connectivity index (χ3n) is 2.69. The van der Waals surface area contributed by atoms with E-state index in [1.165, 1.54) is 0 Å². The normalized spacial score (nSPS) is 10.7. The Labute approximate surface area is 110 Å². The minimum absolute atomic E-state index is 0.791. The van der Waals surface area contributed by atoms with Crippen molar-refractivity contribution >= 4 is 28.1 Å². The predicted octanol–water partition coefficient (Wildman–Crippen LogP) is 3.79. The molecule has 0 fully saturated rings. The van der Waals surface area contributed by atoms with E-state index in [-0.39, 0.29) is 0 Å². The second kappa shape index (κ2) is 4.74. The van der Waals surface area contributed by atoms with Gasteiger partial charge < -0.3 is 5.32 Å². The summed E-state index contributed by atoms with van der Waals surface area (Å²) in [6.45, 7) is 2.92. The average molecular weight is 255 g/mol. The molecule has 3 nitrogen and oxygen atoms in total. The summed E-state index contributed by atoms with van der Waals surface area (Å²) in [6, 6.07) is 12.1. The maximum atomic E-state index is 4.62. The van der Waals surface area contributed by atoms with Crippen LogP contribution >= 0.6 is 11.3 Å². The first kappa shape index (κ1) is 11.2. The minimum Gasteiger partial charge on any atom is -0.370 e. The molecule has 0 spiro atoms. The maximum Gasteiger partial charge on any atom is 0.172 e. The van der Waals surface area contributed by atoms with Crippen molar-refractivity contribution in [3.05, 3.63) is 41.8 Å². The van der Waals surface area contributed by atoms with Crippen molar-refractivity contribution in [3.8, 4) is 10.7 Å². The van der Waals surface area contributed by atoms with Crippen LogP contribution in [0.2, 0.25) is 0 Å². The highest BCUT2D eigenvalue weighted by atomic mass is 32.1. The van der Waals surface area contributed by atoms with E-state index in [1.54, 1.807) is 11.3 Å². The molecule has 0 saturated carbocycles. The number of hydrogen-bond donors (Lipinski definition) is 1. The Morgan fingerprint density at radius 2 is 2.00 bits per heavy atom. The summed E-state index contributed by atoms with van der Waals surface area (Å²) < 4.78 is 0. The summed E-state index contributed by atoms with van der Waals surface area (Å²) in [5, 5.41) is 6.42. The standard InChI is InChI=1S/C14H13N3S/c1-2-15-13-10-6-3-4-7-11(10)16-14(17-13)12-8-5-9-18-12/h3-9H,2H2,1H3,(H,15,16,17). The van der Waals surface area contributed by atoms with Gasteiger partial charge in [-0.05, 0) is 30.5 Å². The number of hydrogen-bond acceptors (Lipinski definition) is 4. The molecule has 18 heavy (non-hydrogen) atoms. The minimum atomic E-state index is 0.791. The van der Waals surface area contributed by atoms with E-state index < -0.39 is 0 Å². The fraction of sp³-hybridized carbons (Fsp3) is 0.143. The van der Waals surface area contributed by atoms with Gasteiger partial charge in [0.25, 0.3) is 0 Å². The van der Waals surface area contributed by atoms with Crippen molar-refractivity contribution in [2.24, 2.45) is 0 Å². The molecule has 0 amide bonds. The number of anilines is 1. The Morgan fingerprint density at radius 1 is 1.11 bits per heavy atom. The Hall–Kier alpha value is -1.94. The van der Waals surface area contributed by atoms with Gasteiger partial charge in [-0.1, -0.05) is 18.2 Å². The lowest BCUT2D eigenvalue weighted by Crippen LogP contribution is -2.02. The Kier molecular flexibility index (Phi) is 2.94. The van der Waals surface area contributed by atoms with Crippen LogP contribution in [0, 0.1) is 0 Å². The smallest absolute Gasteiger partial charge is 0.172 e. The van der Waals surface area contributed by atoms with Gasteiger partial charge in [-0.15, -0.1) is 11.3 Å². The van der Waals surface area contributed by atoms with Crippen LogP contribution in [0.4, 0.5) is 5.82 Å². The van der Waals surface area contributed by atoms with E-state index in [2.05, 4.69) is 22.2 Å². The van der Waals surface area contributed by atoms with Gasteiger partial charge >= 0.3 is 0 Å². The molecule has 1 aromatic carbocycles. The zero-order chi connectivity index (χ0) is 12.4. The topological polar surface area (TPSA) is 37.8 Å². The highest BCUT2D eigenvalue weighted by molar-refractivity contribution is 7.13. The molecule has 0 saturated heterocycles. The van der Waals surface area contributed by atoms with Crippen LogP contribution in [0.25, 0.3) is 21.6 Å². The number of benzene rings is 1. The first-order chi connectivity index (χ1) is 8.88. The molecular weight excluding hydrogens is 242 g/mol. The highest BCUT2D eigenvalue weighted by Gasteiger charge is 2.08. The first-order valence-corrected chi connectivity index (χ1v) is 6.81. The second-order valence-electron chi connectivity index (χ2n) is 3.92. The Bertz CT molecular complexity index is 662. The molecule has 0 aliphatic rings. The largest absolute Gasteiger partial charge is 0.370 e. The SMILES string of the molecule is CCNc1nc(-c2cccs2)nc2ccccc12. The molecule has 0 aliphatic carbocycles. The lowest BCUT2D eigenvalue weighted by Gasteiger charge is -2.08. The number of rotatable bonds is 3. The van der Waals surface area contributed by atoms with E-state index >= 15 is 0 Å². The third-order valence-corrected chi connectivity index (χ3v) is 3.55. The Balaban J connectivity index is 2.23. The van der Waals surface area contributed by atoms with Crippen molar-refractivity contribution in [1.82, 2.24) is 9.97 Å². The molecule has 3 rings (SSSR count). The maximum absolute atomic E-state index is 4.62. The van der Waals surface area contributed by atoms with Gasteiger partial charge in [0.05, 0.1) is 10.4 Å². The van der Waals surface area contributed by atoms with Crippen LogP contribution in [-0.4, -0.2) is 16.5 Å². The van der Waals surface area contributed by atoms with E-state index in [9.17, 15) is 0 Å². The van der Waals surface area contributed by atoms with Crippen LogP contribution in [-0.2, 0) is 0 Å². The zero-order valence-corrected chi connectivity index (χ0v) is 10.9. The van der Waals surface area contributed by atoms with Gasteiger partial charge in [-0.25, -0.2) is 9.97 Å². The summed E-state index contributed by atoms with van der Waals surface area (Å²) in [4.78, 5) is 10.3. The monoisotopic (exact) mass is 255 g/mol.